The van der Waals surface area contributed by atoms with Gasteiger partial charge in [-0.15, -0.1) is 0 Å². The molecule has 0 aliphatic carbocycles. The van der Waals surface area contributed by atoms with E-state index in [-0.39, 0.29) is 6.04 Å². The van der Waals surface area contributed by atoms with Crippen molar-refractivity contribution >= 4 is 11.6 Å². The molecule has 1 aromatic heterocycles. The summed E-state index contributed by atoms with van der Waals surface area (Å²) in [5.74, 6) is 0. The number of hydrogen-bond donors (Lipinski definition) is 1. The predicted octanol–water partition coefficient (Wildman–Crippen LogP) is 3.47. The molecule has 0 saturated heterocycles. The minimum absolute atomic E-state index is 0.0971. The molecule has 0 radical (unpaired) electrons. The summed E-state index contributed by atoms with van der Waals surface area (Å²) in [7, 11) is 1.94. The van der Waals surface area contributed by atoms with Crippen molar-refractivity contribution in [2.45, 2.75) is 26.3 Å². The summed E-state index contributed by atoms with van der Waals surface area (Å²) in [6.07, 6.45) is 3.05. The van der Waals surface area contributed by atoms with Crippen LogP contribution < -0.4 is 5.32 Å². The average molecular weight is 278 g/mol. The van der Waals surface area contributed by atoms with Gasteiger partial charge in [0.1, 0.15) is 0 Å². The second kappa shape index (κ2) is 6.22. The van der Waals surface area contributed by atoms with Crippen LogP contribution in [0.2, 0.25) is 5.02 Å². The van der Waals surface area contributed by atoms with Gasteiger partial charge in [-0.3, -0.25) is 4.68 Å². The van der Waals surface area contributed by atoms with Gasteiger partial charge >= 0.3 is 0 Å². The number of rotatable bonds is 5. The van der Waals surface area contributed by atoms with Crippen LogP contribution in [0, 0.1) is 6.92 Å². The van der Waals surface area contributed by atoms with E-state index in [9.17, 15) is 0 Å². The van der Waals surface area contributed by atoms with Crippen molar-refractivity contribution in [3.05, 3.63) is 52.3 Å². The van der Waals surface area contributed by atoms with Crippen LogP contribution in [0.5, 0.6) is 0 Å². The van der Waals surface area contributed by atoms with Crippen LogP contribution in [-0.2, 0) is 7.05 Å². The summed E-state index contributed by atoms with van der Waals surface area (Å²) in [5, 5.41) is 8.87. The van der Waals surface area contributed by atoms with Crippen molar-refractivity contribution in [3.8, 4) is 0 Å². The Morgan fingerprint density at radius 1 is 1.37 bits per heavy atom. The van der Waals surface area contributed by atoms with E-state index in [1.807, 2.05) is 36.1 Å². The lowest BCUT2D eigenvalue weighted by atomic mass is 9.98. The van der Waals surface area contributed by atoms with Crippen LogP contribution in [0.3, 0.4) is 0 Å². The van der Waals surface area contributed by atoms with Crippen LogP contribution in [0.4, 0.5) is 0 Å². The molecule has 3 nitrogen and oxygen atoms in total. The second-order valence-corrected chi connectivity index (χ2v) is 5.16. The molecule has 19 heavy (non-hydrogen) atoms. The fourth-order valence-corrected chi connectivity index (χ4v) is 2.37. The van der Waals surface area contributed by atoms with Gasteiger partial charge in [0.15, 0.2) is 0 Å². The molecule has 0 aliphatic heterocycles. The monoisotopic (exact) mass is 277 g/mol. The summed E-state index contributed by atoms with van der Waals surface area (Å²) in [4.78, 5) is 0. The van der Waals surface area contributed by atoms with Crippen LogP contribution in [-0.4, -0.2) is 16.3 Å². The highest BCUT2D eigenvalue weighted by Crippen LogP contribution is 2.27. The highest BCUT2D eigenvalue weighted by molar-refractivity contribution is 6.31. The zero-order valence-corrected chi connectivity index (χ0v) is 12.4. The van der Waals surface area contributed by atoms with Crippen LogP contribution >= 0.6 is 11.6 Å². The van der Waals surface area contributed by atoms with E-state index >= 15 is 0 Å². The maximum absolute atomic E-state index is 6.23. The van der Waals surface area contributed by atoms with Crippen LogP contribution in [0.1, 0.15) is 36.2 Å². The highest BCUT2D eigenvalue weighted by atomic mass is 35.5. The average Bonchev–Trinajstić information content (AvgIpc) is 2.81. The Kier molecular flexibility index (Phi) is 4.61. The SMILES string of the molecule is CCCNC(c1ccn(C)n1)c1cccc(Cl)c1C. The Morgan fingerprint density at radius 2 is 2.16 bits per heavy atom. The first-order valence-electron chi connectivity index (χ1n) is 6.61. The lowest BCUT2D eigenvalue weighted by Gasteiger charge is -2.19. The molecular formula is C15H20ClN3. The fourth-order valence-electron chi connectivity index (χ4n) is 2.19. The standard InChI is InChI=1S/C15H20ClN3/c1-4-9-17-15(14-8-10-19(3)18-14)12-6-5-7-13(16)11(12)2/h5-8,10,15,17H,4,9H2,1-3H3. The molecule has 2 aromatic rings. The molecule has 1 unspecified atom stereocenters. The summed E-state index contributed by atoms with van der Waals surface area (Å²) < 4.78 is 1.83. The highest BCUT2D eigenvalue weighted by Gasteiger charge is 2.18. The smallest absolute Gasteiger partial charge is 0.0839 e. The maximum Gasteiger partial charge on any atom is 0.0839 e. The Morgan fingerprint density at radius 3 is 2.79 bits per heavy atom. The van der Waals surface area contributed by atoms with Gasteiger partial charge in [0.05, 0.1) is 11.7 Å². The molecule has 1 atom stereocenters. The van der Waals surface area contributed by atoms with Gasteiger partial charge in [0, 0.05) is 18.3 Å². The van der Waals surface area contributed by atoms with E-state index in [0.29, 0.717) is 0 Å². The van der Waals surface area contributed by atoms with Crippen molar-refractivity contribution in [1.29, 1.82) is 0 Å². The Hall–Kier alpha value is -1.32. The quantitative estimate of drug-likeness (QED) is 0.907. The third kappa shape index (κ3) is 3.17. The molecule has 4 heteroatoms. The predicted molar refractivity (Wildman–Crippen MR) is 79.5 cm³/mol. The molecule has 1 heterocycles. The van der Waals surface area contributed by atoms with Crippen LogP contribution in [0.15, 0.2) is 30.5 Å². The van der Waals surface area contributed by atoms with Crippen molar-refractivity contribution in [2.75, 3.05) is 6.54 Å². The van der Waals surface area contributed by atoms with E-state index < -0.39 is 0 Å². The third-order valence-electron chi connectivity index (χ3n) is 3.25. The first-order valence-corrected chi connectivity index (χ1v) is 6.99. The van der Waals surface area contributed by atoms with E-state index in [2.05, 4.69) is 30.3 Å². The zero-order chi connectivity index (χ0) is 13.8. The Bertz CT molecular complexity index is 548. The largest absolute Gasteiger partial charge is 0.305 e. The first-order chi connectivity index (χ1) is 9.13. The van der Waals surface area contributed by atoms with Gasteiger partial charge in [-0.25, -0.2) is 0 Å². The molecule has 0 aliphatic rings. The molecule has 0 fully saturated rings. The zero-order valence-electron chi connectivity index (χ0n) is 11.7. The van der Waals surface area contributed by atoms with Gasteiger partial charge in [-0.1, -0.05) is 30.7 Å². The van der Waals surface area contributed by atoms with E-state index in [1.54, 1.807) is 0 Å². The molecule has 0 bridgehead atoms. The maximum atomic E-state index is 6.23. The number of benzene rings is 1. The molecule has 0 saturated carbocycles. The molecule has 0 spiro atoms. The molecule has 102 valence electrons. The van der Waals surface area contributed by atoms with Crippen molar-refractivity contribution < 1.29 is 0 Å². The normalized spacial score (nSPS) is 12.6. The van der Waals surface area contributed by atoms with Gasteiger partial charge in [0.25, 0.3) is 0 Å². The van der Waals surface area contributed by atoms with Gasteiger partial charge in [-0.05, 0) is 43.1 Å². The molecule has 2 rings (SSSR count). The number of halogens is 1. The lowest BCUT2D eigenvalue weighted by Crippen LogP contribution is -2.24. The number of nitrogens with one attached hydrogen (secondary N) is 1. The summed E-state index contributed by atoms with van der Waals surface area (Å²) in [5.41, 5.74) is 3.34. The van der Waals surface area contributed by atoms with Gasteiger partial charge < -0.3 is 5.32 Å². The van der Waals surface area contributed by atoms with Crippen molar-refractivity contribution in [2.24, 2.45) is 7.05 Å². The molecule has 1 aromatic carbocycles. The van der Waals surface area contributed by atoms with Crippen molar-refractivity contribution in [1.82, 2.24) is 15.1 Å². The number of nitrogens with zero attached hydrogens (tertiary/aromatic N) is 2. The Balaban J connectivity index is 2.39. The molecular weight excluding hydrogens is 258 g/mol. The van der Waals surface area contributed by atoms with Gasteiger partial charge in [-0.2, -0.15) is 5.10 Å². The van der Waals surface area contributed by atoms with Crippen LogP contribution in [0.25, 0.3) is 0 Å². The minimum Gasteiger partial charge on any atom is -0.305 e. The second-order valence-electron chi connectivity index (χ2n) is 4.76. The number of aromatic nitrogens is 2. The topological polar surface area (TPSA) is 29.9 Å². The molecule has 0 amide bonds. The lowest BCUT2D eigenvalue weighted by molar-refractivity contribution is 0.573. The number of hydrogen-bond acceptors (Lipinski definition) is 2. The van der Waals surface area contributed by atoms with E-state index in [1.165, 1.54) is 5.56 Å². The Labute approximate surface area is 119 Å². The van der Waals surface area contributed by atoms with E-state index in [4.69, 9.17) is 11.6 Å². The fraction of sp³-hybridized carbons (Fsp3) is 0.400. The number of aryl methyl sites for hydroxylation is 1. The van der Waals surface area contributed by atoms with Crippen molar-refractivity contribution in [3.63, 3.8) is 0 Å². The summed E-state index contributed by atoms with van der Waals surface area (Å²) >= 11 is 6.23. The van der Waals surface area contributed by atoms with E-state index in [0.717, 1.165) is 29.2 Å². The third-order valence-corrected chi connectivity index (χ3v) is 3.66. The van der Waals surface area contributed by atoms with Gasteiger partial charge in [0.2, 0.25) is 0 Å². The minimum atomic E-state index is 0.0971. The first kappa shape index (κ1) is 14.1. The summed E-state index contributed by atoms with van der Waals surface area (Å²) in [6.45, 7) is 5.17. The molecule has 1 N–H and O–H groups in total. The summed E-state index contributed by atoms with van der Waals surface area (Å²) in [6, 6.07) is 8.18.